The van der Waals surface area contributed by atoms with Crippen LogP contribution in [0.2, 0.25) is 0 Å². The van der Waals surface area contributed by atoms with E-state index in [2.05, 4.69) is 103 Å². The number of nitrogens with one attached hydrogen (secondary N) is 2. The van der Waals surface area contributed by atoms with Crippen molar-refractivity contribution in [2.75, 3.05) is 56.5 Å². The highest BCUT2D eigenvalue weighted by molar-refractivity contribution is 9.11. The summed E-state index contributed by atoms with van der Waals surface area (Å²) in [4.78, 5) is 51.5. The van der Waals surface area contributed by atoms with E-state index >= 15 is 0 Å². The number of amides is 2. The Morgan fingerprint density at radius 2 is 1.16 bits per heavy atom. The van der Waals surface area contributed by atoms with E-state index in [1.165, 1.54) is 19.0 Å². The van der Waals surface area contributed by atoms with E-state index in [4.69, 9.17) is 26.7 Å². The van der Waals surface area contributed by atoms with Crippen molar-refractivity contribution in [3.8, 4) is 0 Å². The molecule has 6 aromatic heterocycles. The first-order chi connectivity index (χ1) is 31.2. The van der Waals surface area contributed by atoms with Crippen molar-refractivity contribution in [2.24, 2.45) is 0 Å². The lowest BCUT2D eigenvalue weighted by atomic mass is 10.1. The van der Waals surface area contributed by atoms with Gasteiger partial charge in [0.15, 0.2) is 16.9 Å². The summed E-state index contributed by atoms with van der Waals surface area (Å²) in [6.45, 7) is 15.4. The van der Waals surface area contributed by atoms with Gasteiger partial charge < -0.3 is 46.9 Å². The lowest BCUT2D eigenvalue weighted by Gasteiger charge is -2.34. The molecular weight excluding hydrogens is 1090 g/mol. The molecule has 0 bridgehead atoms. The Bertz CT molecular complexity index is 2610. The molecule has 0 aliphatic carbocycles. The van der Waals surface area contributed by atoms with Crippen LogP contribution in [-0.2, 0) is 9.47 Å². The van der Waals surface area contributed by atoms with E-state index in [0.29, 0.717) is 75.6 Å². The van der Waals surface area contributed by atoms with Gasteiger partial charge in [0.2, 0.25) is 0 Å². The van der Waals surface area contributed by atoms with Crippen molar-refractivity contribution in [1.29, 1.82) is 0 Å². The number of ether oxygens (including phenoxy) is 2. The first kappa shape index (κ1) is 53.2. The number of aliphatic hydroxyl groups is 1. The summed E-state index contributed by atoms with van der Waals surface area (Å²) in [7, 11) is 0. The summed E-state index contributed by atoms with van der Waals surface area (Å²) in [6, 6.07) is 0.362. The smallest absolute Gasteiger partial charge is 0.410 e. The fourth-order valence-electron chi connectivity index (χ4n) is 7.39. The Morgan fingerprint density at radius 1 is 0.687 bits per heavy atom. The highest BCUT2D eigenvalue weighted by atomic mass is 79.9. The van der Waals surface area contributed by atoms with E-state index in [1.807, 2.05) is 50.9 Å². The van der Waals surface area contributed by atoms with Gasteiger partial charge in [0.25, 0.3) is 0 Å². The number of fused-ring (bicyclic) bond motifs is 3. The number of halogens is 4. The van der Waals surface area contributed by atoms with Crippen molar-refractivity contribution in [3.05, 3.63) is 32.8 Å². The minimum absolute atomic E-state index is 0. The predicted molar refractivity (Wildman–Crippen MR) is 266 cm³/mol. The summed E-state index contributed by atoms with van der Waals surface area (Å²) in [6.07, 6.45) is 8.96. The number of aromatic nitrogens is 12. The fraction of sp³-hybridized carbons (Fsp3) is 0.575. The number of H-pyrrole nitrogens is 1. The van der Waals surface area contributed by atoms with Crippen molar-refractivity contribution >= 4 is 123 Å². The molecule has 27 heteroatoms. The van der Waals surface area contributed by atoms with E-state index in [-0.39, 0.29) is 30.6 Å². The Hall–Kier alpha value is -4.76. The molecule has 0 aromatic carbocycles. The highest BCUT2D eigenvalue weighted by Gasteiger charge is 2.31. The number of carbonyl (C=O) groups excluding carboxylic acids is 2. The molecule has 3 aliphatic rings. The van der Waals surface area contributed by atoms with E-state index in [0.717, 1.165) is 72.6 Å². The zero-order chi connectivity index (χ0) is 47.9. The summed E-state index contributed by atoms with van der Waals surface area (Å²) >= 11 is 10.1. The molecular formula is C40H58Br3ClN18O5. The molecule has 0 saturated carbocycles. The van der Waals surface area contributed by atoms with Crippen LogP contribution < -0.4 is 22.5 Å². The number of likely N-dealkylation sites (tertiary alicyclic amines) is 2. The molecule has 9 heterocycles. The number of nitrogens with two attached hydrogens (primary N) is 3. The summed E-state index contributed by atoms with van der Waals surface area (Å²) in [5.74, 6) is 1.28. The van der Waals surface area contributed by atoms with E-state index < -0.39 is 17.3 Å². The SMILES string of the molecule is CC(C)(C)OC(=O)N1CCC[C@@H](n2nc(Br)c3c(N)ncnc32)C1.CC(C)(C)OC(=O)N1CCC[C@H](O)C1.Cl.Nc1ncnc2c1c(Br)nn2[C@@H]1CCCNC1.Nc1ncnc2n[nH]c(Br)c12. The molecule has 0 radical (unpaired) electrons. The monoisotopic (exact) mass is 1140 g/mol. The molecule has 3 fully saturated rings. The fourth-order valence-corrected chi connectivity index (χ4v) is 8.97. The van der Waals surface area contributed by atoms with Gasteiger partial charge in [-0.3, -0.25) is 5.10 Å². The molecule has 3 saturated heterocycles. The zero-order valence-electron chi connectivity index (χ0n) is 38.1. The largest absolute Gasteiger partial charge is 0.444 e. The molecule has 67 heavy (non-hydrogen) atoms. The van der Waals surface area contributed by atoms with Crippen LogP contribution in [-0.4, -0.2) is 143 Å². The number of nitrogen functional groups attached to an aromatic ring is 3. The number of hydrogen-bond acceptors (Lipinski definition) is 18. The van der Waals surface area contributed by atoms with Crippen LogP contribution in [0.4, 0.5) is 27.0 Å². The average molecular weight is 1150 g/mol. The Morgan fingerprint density at radius 3 is 1.66 bits per heavy atom. The molecule has 9 rings (SSSR count). The molecule has 0 spiro atoms. The minimum atomic E-state index is -0.507. The molecule has 3 atom stereocenters. The second kappa shape index (κ2) is 23.0. The third-order valence-electron chi connectivity index (χ3n) is 10.3. The predicted octanol–water partition coefficient (Wildman–Crippen LogP) is 6.34. The summed E-state index contributed by atoms with van der Waals surface area (Å²) < 4.78 is 16.5. The van der Waals surface area contributed by atoms with Crippen LogP contribution in [0.1, 0.15) is 92.2 Å². The molecule has 366 valence electrons. The molecule has 3 aliphatic heterocycles. The Kier molecular flexibility index (Phi) is 18.3. The van der Waals surface area contributed by atoms with Crippen LogP contribution in [0.25, 0.3) is 33.1 Å². The van der Waals surface area contributed by atoms with E-state index in [1.54, 1.807) is 9.80 Å². The van der Waals surface area contributed by atoms with Gasteiger partial charge in [-0.05, 0) is 134 Å². The van der Waals surface area contributed by atoms with Gasteiger partial charge in [-0.15, -0.1) is 12.4 Å². The van der Waals surface area contributed by atoms with E-state index in [9.17, 15) is 14.7 Å². The third-order valence-corrected chi connectivity index (χ3v) is 12.0. The first-order valence-electron chi connectivity index (χ1n) is 21.4. The maximum atomic E-state index is 12.3. The number of piperidine rings is 3. The molecule has 6 aromatic rings. The van der Waals surface area contributed by atoms with Gasteiger partial charge in [-0.1, -0.05) is 0 Å². The number of anilines is 3. The van der Waals surface area contributed by atoms with Gasteiger partial charge >= 0.3 is 12.2 Å². The van der Waals surface area contributed by atoms with Crippen molar-refractivity contribution in [1.82, 2.24) is 74.8 Å². The van der Waals surface area contributed by atoms with Crippen molar-refractivity contribution in [2.45, 2.75) is 109 Å². The van der Waals surface area contributed by atoms with Gasteiger partial charge in [-0.25, -0.2) is 48.9 Å². The van der Waals surface area contributed by atoms with Crippen molar-refractivity contribution < 1.29 is 24.2 Å². The van der Waals surface area contributed by atoms with Crippen LogP contribution in [0.5, 0.6) is 0 Å². The molecule has 0 unspecified atom stereocenters. The second-order valence-corrected chi connectivity index (χ2v) is 20.1. The maximum Gasteiger partial charge on any atom is 0.410 e. The minimum Gasteiger partial charge on any atom is -0.444 e. The van der Waals surface area contributed by atoms with Gasteiger partial charge in [0.05, 0.1) is 34.3 Å². The molecule has 9 N–H and O–H groups in total. The maximum absolute atomic E-state index is 12.3. The highest BCUT2D eigenvalue weighted by Crippen LogP contribution is 2.32. The number of carbonyl (C=O) groups is 2. The third kappa shape index (κ3) is 13.9. The quantitative estimate of drug-likeness (QED) is 0.110. The number of aromatic amines is 1. The van der Waals surface area contributed by atoms with Crippen LogP contribution >= 0.6 is 60.2 Å². The van der Waals surface area contributed by atoms with Crippen LogP contribution in [0.3, 0.4) is 0 Å². The number of nitrogens with zero attached hydrogens (tertiary/aromatic N) is 13. The van der Waals surface area contributed by atoms with Gasteiger partial charge in [0.1, 0.15) is 61.4 Å². The topological polar surface area (TPSA) is 311 Å². The lowest BCUT2D eigenvalue weighted by molar-refractivity contribution is 0.00387. The standard InChI is InChI=1S/C15H21BrN6O2.C10H13BrN6.C10H19NO3.C5H4BrN5.ClH/c1-15(2,3)24-14(23)21-6-4-5-9(7-21)22-13-10(11(16)20-22)12(17)18-8-19-13;11-8-7-9(12)14-5-15-10(7)17(16-8)6-2-1-3-13-4-6;1-10(2,3)14-9(13)11-6-4-5-8(12)7-11;6-3-2-4(7)8-1-9-5(2)11-10-3;/h8-9H,4-7H2,1-3H3,(H2,17,18,19);5-6,13H,1-4H2,(H2,12,14,15);8,12H,4-7H2,1-3H3;1H,(H3,7,8,9,10,11);1H/t9-;6-;8-;;/m110../s1. The van der Waals surface area contributed by atoms with Crippen molar-refractivity contribution in [3.63, 3.8) is 0 Å². The van der Waals surface area contributed by atoms with Crippen LogP contribution in [0.15, 0.2) is 32.8 Å². The average Bonchev–Trinajstić information content (AvgIpc) is 3.94. The van der Waals surface area contributed by atoms with Gasteiger partial charge in [-0.2, -0.15) is 15.3 Å². The lowest BCUT2D eigenvalue weighted by Crippen LogP contribution is -2.44. The number of aliphatic hydroxyl groups excluding tert-OH is 1. The Labute approximate surface area is 418 Å². The second-order valence-electron chi connectivity index (χ2n) is 17.8. The Balaban J connectivity index is 0.000000173. The zero-order valence-corrected chi connectivity index (χ0v) is 43.7. The number of hydrogen-bond donors (Lipinski definition) is 6. The normalized spacial score (nSPS) is 18.7. The molecule has 23 nitrogen and oxygen atoms in total. The van der Waals surface area contributed by atoms with Crippen LogP contribution in [0, 0.1) is 0 Å². The molecule has 2 amide bonds. The first-order valence-corrected chi connectivity index (χ1v) is 23.8. The number of rotatable bonds is 2. The van der Waals surface area contributed by atoms with Gasteiger partial charge in [0, 0.05) is 32.7 Å². The summed E-state index contributed by atoms with van der Waals surface area (Å²) in [5, 5.41) is 30.6. The number of β-amino-alcohol motifs (C(OH)–C–C–N with tert-alkyl or cyclic N) is 1. The summed E-state index contributed by atoms with van der Waals surface area (Å²) in [5.41, 5.74) is 18.4.